The van der Waals surface area contributed by atoms with Crippen LogP contribution in [0.25, 0.3) is 5.69 Å². The summed E-state index contributed by atoms with van der Waals surface area (Å²) in [7, 11) is -2.51. The van der Waals surface area contributed by atoms with E-state index in [1.165, 1.54) is 6.20 Å². The summed E-state index contributed by atoms with van der Waals surface area (Å²) in [6, 6.07) is 9.57. The molecule has 1 spiro atoms. The highest BCUT2D eigenvalue weighted by molar-refractivity contribution is 7.94. The number of nitrogens with zero attached hydrogens (tertiary/aromatic N) is 3. The predicted octanol–water partition coefficient (Wildman–Crippen LogP) is 2.40. The van der Waals surface area contributed by atoms with Crippen molar-refractivity contribution in [2.24, 2.45) is 4.36 Å². The second-order valence-electron chi connectivity index (χ2n) is 6.94. The molecule has 0 saturated carbocycles. The first kappa shape index (κ1) is 16.5. The molecule has 1 aromatic heterocycles. The third kappa shape index (κ3) is 3.39. The molecule has 2 aromatic rings. The molecule has 2 unspecified atom stereocenters. The Kier molecular flexibility index (Phi) is 4.21. The van der Waals surface area contributed by atoms with E-state index in [-0.39, 0.29) is 5.54 Å². The van der Waals surface area contributed by atoms with E-state index in [4.69, 9.17) is 0 Å². The zero-order valence-electron chi connectivity index (χ0n) is 14.1. The SMILES string of the molecule is O=C(N=S1(=O)CCCC2(CCCN2)C1)c1cnn(-c2ccccc2)c1. The van der Waals surface area contributed by atoms with Crippen molar-refractivity contribution < 1.29 is 9.00 Å². The van der Waals surface area contributed by atoms with Crippen molar-refractivity contribution in [3.63, 3.8) is 0 Å². The van der Waals surface area contributed by atoms with Crippen LogP contribution < -0.4 is 5.32 Å². The van der Waals surface area contributed by atoms with Gasteiger partial charge >= 0.3 is 0 Å². The van der Waals surface area contributed by atoms with Crippen LogP contribution in [0.5, 0.6) is 0 Å². The number of benzene rings is 1. The first-order chi connectivity index (χ1) is 12.1. The Morgan fingerprint density at radius 1 is 1.24 bits per heavy atom. The summed E-state index contributed by atoms with van der Waals surface area (Å²) < 4.78 is 19.0. The summed E-state index contributed by atoms with van der Waals surface area (Å²) in [4.78, 5) is 12.5. The Labute approximate surface area is 147 Å². The molecule has 7 heteroatoms. The molecule has 2 saturated heterocycles. The van der Waals surface area contributed by atoms with Gasteiger partial charge in [0.15, 0.2) is 0 Å². The van der Waals surface area contributed by atoms with Gasteiger partial charge in [-0.05, 0) is 44.4 Å². The molecule has 1 aromatic carbocycles. The van der Waals surface area contributed by atoms with Gasteiger partial charge in [-0.3, -0.25) is 4.79 Å². The Morgan fingerprint density at radius 3 is 2.80 bits per heavy atom. The van der Waals surface area contributed by atoms with Crippen LogP contribution in [-0.2, 0) is 9.73 Å². The molecule has 2 atom stereocenters. The maximum Gasteiger partial charge on any atom is 0.288 e. The quantitative estimate of drug-likeness (QED) is 0.894. The number of rotatable bonds is 2. The lowest BCUT2D eigenvalue weighted by Crippen LogP contribution is -2.49. The number of nitrogens with one attached hydrogen (secondary N) is 1. The van der Waals surface area contributed by atoms with E-state index in [9.17, 15) is 9.00 Å². The number of carbonyl (C=O) groups excluding carboxylic acids is 1. The zero-order chi connectivity index (χ0) is 17.3. The first-order valence-electron chi connectivity index (χ1n) is 8.70. The van der Waals surface area contributed by atoms with Gasteiger partial charge in [-0.15, -0.1) is 0 Å². The molecule has 25 heavy (non-hydrogen) atoms. The average molecular weight is 358 g/mol. The molecule has 3 heterocycles. The number of para-hydroxylation sites is 1. The lowest BCUT2D eigenvalue weighted by atomic mass is 9.94. The maximum atomic E-state index is 13.2. The fourth-order valence-electron chi connectivity index (χ4n) is 3.85. The molecular formula is C18H22N4O2S. The fourth-order valence-corrected chi connectivity index (χ4v) is 6.41. The molecular weight excluding hydrogens is 336 g/mol. The standard InChI is InChI=1S/C18H22N4O2S/c23-17(15-12-20-22(13-15)16-6-2-1-3-7-16)21-25(24)11-5-9-18(14-25)8-4-10-19-18/h1-3,6-7,12-13,19H,4-5,8-11,14H2. The van der Waals surface area contributed by atoms with E-state index >= 15 is 0 Å². The minimum Gasteiger partial charge on any atom is -0.310 e. The lowest BCUT2D eigenvalue weighted by molar-refractivity contribution is 0.100. The molecule has 2 aliphatic heterocycles. The highest BCUT2D eigenvalue weighted by Gasteiger charge is 2.40. The molecule has 6 nitrogen and oxygen atoms in total. The van der Waals surface area contributed by atoms with Gasteiger partial charge < -0.3 is 5.32 Å². The van der Waals surface area contributed by atoms with Gasteiger partial charge in [0.2, 0.25) is 0 Å². The number of carbonyl (C=O) groups is 1. The largest absolute Gasteiger partial charge is 0.310 e. The minimum atomic E-state index is -2.51. The normalized spacial score (nSPS) is 29.0. The number of aromatic nitrogens is 2. The number of amides is 1. The maximum absolute atomic E-state index is 13.2. The van der Waals surface area contributed by atoms with Gasteiger partial charge in [0.1, 0.15) is 0 Å². The van der Waals surface area contributed by atoms with Crippen LogP contribution in [0.2, 0.25) is 0 Å². The molecule has 0 bridgehead atoms. The minimum absolute atomic E-state index is 0.0761. The van der Waals surface area contributed by atoms with Crippen molar-refractivity contribution in [3.8, 4) is 5.69 Å². The summed E-state index contributed by atoms with van der Waals surface area (Å²) in [5.41, 5.74) is 1.18. The van der Waals surface area contributed by atoms with Gasteiger partial charge in [0.05, 0.1) is 32.9 Å². The van der Waals surface area contributed by atoms with Gasteiger partial charge in [-0.25, -0.2) is 8.89 Å². The van der Waals surface area contributed by atoms with Gasteiger partial charge in [0, 0.05) is 17.5 Å². The monoisotopic (exact) mass is 358 g/mol. The van der Waals surface area contributed by atoms with E-state index < -0.39 is 15.6 Å². The van der Waals surface area contributed by atoms with Crippen molar-refractivity contribution in [1.82, 2.24) is 15.1 Å². The molecule has 1 amide bonds. The van der Waals surface area contributed by atoms with E-state index in [2.05, 4.69) is 14.8 Å². The zero-order valence-corrected chi connectivity index (χ0v) is 14.9. The predicted molar refractivity (Wildman–Crippen MR) is 97.4 cm³/mol. The second kappa shape index (κ2) is 6.38. The second-order valence-corrected chi connectivity index (χ2v) is 9.37. The molecule has 2 fully saturated rings. The molecule has 1 N–H and O–H groups in total. The number of hydrogen-bond acceptors (Lipinski definition) is 4. The van der Waals surface area contributed by atoms with E-state index in [0.717, 1.165) is 37.9 Å². The fraction of sp³-hybridized carbons (Fsp3) is 0.444. The van der Waals surface area contributed by atoms with Gasteiger partial charge in [-0.1, -0.05) is 18.2 Å². The summed E-state index contributed by atoms with van der Waals surface area (Å²) in [5.74, 6) is 0.565. The summed E-state index contributed by atoms with van der Waals surface area (Å²) in [6.45, 7) is 0.966. The van der Waals surface area contributed by atoms with Crippen LogP contribution >= 0.6 is 0 Å². The Morgan fingerprint density at radius 2 is 2.04 bits per heavy atom. The Balaban J connectivity index is 1.58. The van der Waals surface area contributed by atoms with Crippen LogP contribution in [0, 0.1) is 0 Å². The van der Waals surface area contributed by atoms with Crippen molar-refractivity contribution in [3.05, 3.63) is 48.3 Å². The van der Waals surface area contributed by atoms with Crippen LogP contribution in [-0.4, -0.2) is 43.5 Å². The van der Waals surface area contributed by atoms with Crippen molar-refractivity contribution in [2.45, 2.75) is 31.2 Å². The summed E-state index contributed by atoms with van der Waals surface area (Å²) in [6.07, 6.45) is 7.16. The highest BCUT2D eigenvalue weighted by Crippen LogP contribution is 2.32. The summed E-state index contributed by atoms with van der Waals surface area (Å²) in [5, 5.41) is 7.72. The van der Waals surface area contributed by atoms with Crippen LogP contribution in [0.1, 0.15) is 36.0 Å². The highest BCUT2D eigenvalue weighted by atomic mass is 32.2. The summed E-state index contributed by atoms with van der Waals surface area (Å²) >= 11 is 0. The molecule has 0 aliphatic carbocycles. The van der Waals surface area contributed by atoms with Crippen LogP contribution in [0.4, 0.5) is 0 Å². The third-order valence-electron chi connectivity index (χ3n) is 5.05. The lowest BCUT2D eigenvalue weighted by Gasteiger charge is -2.35. The topological polar surface area (TPSA) is 76.3 Å². The molecule has 132 valence electrons. The van der Waals surface area contributed by atoms with Crippen molar-refractivity contribution >= 4 is 15.6 Å². The smallest absolute Gasteiger partial charge is 0.288 e. The van der Waals surface area contributed by atoms with Crippen LogP contribution in [0.15, 0.2) is 47.1 Å². The Hall–Kier alpha value is -1.99. The van der Waals surface area contributed by atoms with E-state index in [1.54, 1.807) is 10.9 Å². The molecule has 2 aliphatic rings. The number of hydrogen-bond donors (Lipinski definition) is 1. The van der Waals surface area contributed by atoms with Crippen LogP contribution in [0.3, 0.4) is 0 Å². The van der Waals surface area contributed by atoms with Gasteiger partial charge in [-0.2, -0.15) is 9.46 Å². The molecule has 0 radical (unpaired) electrons. The van der Waals surface area contributed by atoms with Gasteiger partial charge in [0.25, 0.3) is 5.91 Å². The molecule has 4 rings (SSSR count). The van der Waals surface area contributed by atoms with Crippen molar-refractivity contribution in [2.75, 3.05) is 18.1 Å². The Bertz CT molecular complexity index is 891. The first-order valence-corrected chi connectivity index (χ1v) is 10.5. The van der Waals surface area contributed by atoms with Crippen molar-refractivity contribution in [1.29, 1.82) is 0 Å². The van der Waals surface area contributed by atoms with E-state index in [0.29, 0.717) is 17.1 Å². The third-order valence-corrected chi connectivity index (χ3v) is 7.48. The average Bonchev–Trinajstić information content (AvgIpc) is 3.25. The van der Waals surface area contributed by atoms with E-state index in [1.807, 2.05) is 30.3 Å².